The zero-order valence-corrected chi connectivity index (χ0v) is 9.97. The van der Waals surface area contributed by atoms with Gasteiger partial charge >= 0.3 is 0 Å². The van der Waals surface area contributed by atoms with Gasteiger partial charge in [0.2, 0.25) is 0 Å². The molecular formula is C11H11BrN2O. The summed E-state index contributed by atoms with van der Waals surface area (Å²) in [5.41, 5.74) is 0.690. The lowest BCUT2D eigenvalue weighted by Gasteiger charge is -2.01. The van der Waals surface area contributed by atoms with Gasteiger partial charge in [-0.3, -0.25) is 4.79 Å². The largest absolute Gasteiger partial charge is 0.310 e. The molecule has 2 aromatic rings. The van der Waals surface area contributed by atoms with Gasteiger partial charge in [-0.25, -0.2) is 4.98 Å². The number of H-pyrrole nitrogens is 1. The molecule has 0 aliphatic heterocycles. The summed E-state index contributed by atoms with van der Waals surface area (Å²) in [7, 11) is 0. The van der Waals surface area contributed by atoms with Crippen molar-refractivity contribution in [2.75, 3.05) is 0 Å². The van der Waals surface area contributed by atoms with Crippen LogP contribution in [0.3, 0.4) is 0 Å². The molecule has 4 heteroatoms. The van der Waals surface area contributed by atoms with E-state index in [1.54, 1.807) is 6.07 Å². The van der Waals surface area contributed by atoms with Crippen LogP contribution >= 0.6 is 15.9 Å². The maximum atomic E-state index is 11.7. The quantitative estimate of drug-likeness (QED) is 0.909. The van der Waals surface area contributed by atoms with Crippen LogP contribution in [-0.4, -0.2) is 9.97 Å². The summed E-state index contributed by atoms with van der Waals surface area (Å²) in [6.07, 6.45) is 1.78. The number of fused-ring (bicyclic) bond motifs is 1. The lowest BCUT2D eigenvalue weighted by molar-refractivity contribution is 0.837. The summed E-state index contributed by atoms with van der Waals surface area (Å²) in [5.74, 6) is 0.761. The summed E-state index contributed by atoms with van der Waals surface area (Å²) in [6, 6.07) is 5.54. The number of aryl methyl sites for hydroxylation is 1. The normalized spacial score (nSPS) is 10.8. The SMILES string of the molecule is CCCc1nc2ccc(Br)cc2c(=O)[nH]1. The summed E-state index contributed by atoms with van der Waals surface area (Å²) in [4.78, 5) is 18.9. The molecule has 78 valence electrons. The van der Waals surface area contributed by atoms with Gasteiger partial charge in [0, 0.05) is 10.9 Å². The molecule has 0 aliphatic carbocycles. The Bertz CT molecular complexity index is 548. The van der Waals surface area contributed by atoms with Crippen LogP contribution in [0.25, 0.3) is 10.9 Å². The van der Waals surface area contributed by atoms with E-state index in [0.717, 1.165) is 28.7 Å². The van der Waals surface area contributed by atoms with Gasteiger partial charge in [-0.2, -0.15) is 0 Å². The number of nitrogens with one attached hydrogen (secondary N) is 1. The summed E-state index contributed by atoms with van der Waals surface area (Å²) in [6.45, 7) is 2.06. The van der Waals surface area contributed by atoms with E-state index in [4.69, 9.17) is 0 Å². The number of aromatic nitrogens is 2. The van der Waals surface area contributed by atoms with Gasteiger partial charge in [0.1, 0.15) is 5.82 Å². The van der Waals surface area contributed by atoms with Crippen LogP contribution < -0.4 is 5.56 Å². The molecule has 1 aromatic heterocycles. The average molecular weight is 267 g/mol. The van der Waals surface area contributed by atoms with Gasteiger partial charge in [-0.1, -0.05) is 22.9 Å². The van der Waals surface area contributed by atoms with E-state index in [1.807, 2.05) is 12.1 Å². The molecule has 15 heavy (non-hydrogen) atoms. The van der Waals surface area contributed by atoms with Gasteiger partial charge < -0.3 is 4.98 Å². The van der Waals surface area contributed by atoms with Crippen molar-refractivity contribution in [2.24, 2.45) is 0 Å². The second-order valence-electron chi connectivity index (χ2n) is 3.42. The van der Waals surface area contributed by atoms with Gasteiger partial charge in [0.25, 0.3) is 5.56 Å². The third kappa shape index (κ3) is 2.09. The lowest BCUT2D eigenvalue weighted by atomic mass is 10.2. The van der Waals surface area contributed by atoms with E-state index in [9.17, 15) is 4.79 Å². The number of aromatic amines is 1. The van der Waals surface area contributed by atoms with Crippen molar-refractivity contribution in [3.8, 4) is 0 Å². The Kier molecular flexibility index (Phi) is 2.86. The second-order valence-corrected chi connectivity index (χ2v) is 4.34. The molecule has 0 atom stereocenters. The Labute approximate surface area is 95.7 Å². The van der Waals surface area contributed by atoms with Crippen LogP contribution in [-0.2, 0) is 6.42 Å². The van der Waals surface area contributed by atoms with Crippen molar-refractivity contribution in [1.82, 2.24) is 9.97 Å². The zero-order valence-electron chi connectivity index (χ0n) is 8.38. The van der Waals surface area contributed by atoms with E-state index < -0.39 is 0 Å². The van der Waals surface area contributed by atoms with Gasteiger partial charge in [0.05, 0.1) is 10.9 Å². The first-order chi connectivity index (χ1) is 7.20. The highest BCUT2D eigenvalue weighted by Gasteiger charge is 2.03. The molecule has 0 saturated heterocycles. The maximum Gasteiger partial charge on any atom is 0.258 e. The highest BCUT2D eigenvalue weighted by atomic mass is 79.9. The fourth-order valence-electron chi connectivity index (χ4n) is 1.51. The van der Waals surface area contributed by atoms with Gasteiger partial charge in [0.15, 0.2) is 0 Å². The lowest BCUT2D eigenvalue weighted by Crippen LogP contribution is -2.11. The van der Waals surface area contributed by atoms with Crippen LogP contribution in [0.15, 0.2) is 27.5 Å². The standard InChI is InChI=1S/C11H11BrN2O/c1-2-3-10-13-9-5-4-7(12)6-8(9)11(15)14-10/h4-6H,2-3H2,1H3,(H,13,14,15). The van der Waals surface area contributed by atoms with Gasteiger partial charge in [-0.05, 0) is 24.6 Å². The Hall–Kier alpha value is -1.16. The van der Waals surface area contributed by atoms with Gasteiger partial charge in [-0.15, -0.1) is 0 Å². The molecule has 0 fully saturated rings. The van der Waals surface area contributed by atoms with Crippen molar-refractivity contribution in [3.05, 3.63) is 38.9 Å². The van der Waals surface area contributed by atoms with Crippen molar-refractivity contribution in [2.45, 2.75) is 19.8 Å². The van der Waals surface area contributed by atoms with Crippen LogP contribution in [0.2, 0.25) is 0 Å². The number of nitrogens with zero attached hydrogens (tertiary/aromatic N) is 1. The first-order valence-corrected chi connectivity index (χ1v) is 5.68. The predicted octanol–water partition coefficient (Wildman–Crippen LogP) is 2.64. The first-order valence-electron chi connectivity index (χ1n) is 4.89. The highest BCUT2D eigenvalue weighted by molar-refractivity contribution is 9.10. The molecule has 0 unspecified atom stereocenters. The Balaban J connectivity index is 2.67. The predicted molar refractivity (Wildman–Crippen MR) is 64.1 cm³/mol. The smallest absolute Gasteiger partial charge is 0.258 e. The molecule has 1 N–H and O–H groups in total. The molecule has 1 heterocycles. The summed E-state index contributed by atoms with van der Waals surface area (Å²) in [5, 5.41) is 0.629. The number of halogens is 1. The number of hydrogen-bond acceptors (Lipinski definition) is 2. The average Bonchev–Trinajstić information content (AvgIpc) is 2.20. The van der Waals surface area contributed by atoms with Crippen molar-refractivity contribution < 1.29 is 0 Å². The minimum absolute atomic E-state index is 0.0650. The van der Waals surface area contributed by atoms with Crippen LogP contribution in [0.1, 0.15) is 19.2 Å². The van der Waals surface area contributed by atoms with E-state index >= 15 is 0 Å². The van der Waals surface area contributed by atoms with Crippen molar-refractivity contribution in [3.63, 3.8) is 0 Å². The van der Waals surface area contributed by atoms with Crippen LogP contribution in [0.5, 0.6) is 0 Å². The minimum Gasteiger partial charge on any atom is -0.310 e. The summed E-state index contributed by atoms with van der Waals surface area (Å²) >= 11 is 3.34. The molecule has 0 amide bonds. The van der Waals surface area contributed by atoms with Crippen LogP contribution in [0.4, 0.5) is 0 Å². The van der Waals surface area contributed by atoms with E-state index in [1.165, 1.54) is 0 Å². The number of hydrogen-bond donors (Lipinski definition) is 1. The topological polar surface area (TPSA) is 45.8 Å². The van der Waals surface area contributed by atoms with E-state index in [0.29, 0.717) is 5.39 Å². The Morgan fingerprint density at radius 2 is 2.27 bits per heavy atom. The number of benzene rings is 1. The van der Waals surface area contributed by atoms with Crippen molar-refractivity contribution >= 4 is 26.8 Å². The molecule has 0 saturated carbocycles. The Morgan fingerprint density at radius 3 is 3.00 bits per heavy atom. The van der Waals surface area contributed by atoms with E-state index in [2.05, 4.69) is 32.8 Å². The second kappa shape index (κ2) is 4.14. The molecule has 3 nitrogen and oxygen atoms in total. The number of rotatable bonds is 2. The zero-order chi connectivity index (χ0) is 10.8. The molecule has 1 aromatic carbocycles. The third-order valence-corrected chi connectivity index (χ3v) is 2.70. The molecule has 0 bridgehead atoms. The molecule has 2 rings (SSSR count). The fraction of sp³-hybridized carbons (Fsp3) is 0.273. The summed E-state index contributed by atoms with van der Waals surface area (Å²) < 4.78 is 0.894. The fourth-order valence-corrected chi connectivity index (χ4v) is 1.88. The Morgan fingerprint density at radius 1 is 1.47 bits per heavy atom. The third-order valence-electron chi connectivity index (χ3n) is 2.20. The van der Waals surface area contributed by atoms with Crippen LogP contribution in [0, 0.1) is 0 Å². The van der Waals surface area contributed by atoms with Crippen molar-refractivity contribution in [1.29, 1.82) is 0 Å². The maximum absolute atomic E-state index is 11.7. The molecule has 0 aliphatic rings. The monoisotopic (exact) mass is 266 g/mol. The first kappa shape index (κ1) is 10.4. The molecular weight excluding hydrogens is 256 g/mol. The molecule has 0 radical (unpaired) electrons. The minimum atomic E-state index is -0.0650. The van der Waals surface area contributed by atoms with E-state index in [-0.39, 0.29) is 5.56 Å². The highest BCUT2D eigenvalue weighted by Crippen LogP contribution is 2.15. The molecule has 0 spiro atoms.